The van der Waals surface area contributed by atoms with Crippen LogP contribution in [0.25, 0.3) is 0 Å². The summed E-state index contributed by atoms with van der Waals surface area (Å²) in [5.41, 5.74) is 3.51. The van der Waals surface area contributed by atoms with Crippen LogP contribution in [-0.4, -0.2) is 18.2 Å². The summed E-state index contributed by atoms with van der Waals surface area (Å²) in [5.74, 6) is 0.300. The second-order valence-electron chi connectivity index (χ2n) is 8.65. The van der Waals surface area contributed by atoms with Crippen LogP contribution in [0, 0.1) is 5.92 Å². The molecule has 31 heavy (non-hydrogen) atoms. The SMILES string of the molecule is Brc1ccc([C@H]2[C@@H]3[C@H]4C[C@@H](CC[C@H]3ON2c2ccccc2)ON4c2ccccc2)cc1. The van der Waals surface area contributed by atoms with E-state index in [2.05, 4.69) is 111 Å². The molecule has 2 bridgehead atoms. The summed E-state index contributed by atoms with van der Waals surface area (Å²) in [4.78, 5) is 13.2. The molecular weight excluding hydrogens is 452 g/mol. The minimum Gasteiger partial charge on any atom is -0.270 e. The summed E-state index contributed by atoms with van der Waals surface area (Å²) in [6, 6.07) is 30.1. The molecule has 2 heterocycles. The summed E-state index contributed by atoms with van der Waals surface area (Å²) in [6.45, 7) is 0. The lowest BCUT2D eigenvalue weighted by Crippen LogP contribution is -2.42. The molecule has 2 aliphatic heterocycles. The number of nitrogens with zero attached hydrogens (tertiary/aromatic N) is 2. The Labute approximate surface area is 191 Å². The molecule has 3 aromatic carbocycles. The number of para-hydroxylation sites is 2. The van der Waals surface area contributed by atoms with Gasteiger partial charge in [-0.2, -0.15) is 0 Å². The van der Waals surface area contributed by atoms with E-state index in [0.717, 1.165) is 35.1 Å². The van der Waals surface area contributed by atoms with Gasteiger partial charge < -0.3 is 0 Å². The topological polar surface area (TPSA) is 24.9 Å². The summed E-state index contributed by atoms with van der Waals surface area (Å²) in [6.07, 6.45) is 3.51. The molecule has 3 fully saturated rings. The van der Waals surface area contributed by atoms with E-state index in [1.165, 1.54) is 5.56 Å². The smallest absolute Gasteiger partial charge is 0.0930 e. The fourth-order valence-electron chi connectivity index (χ4n) is 5.47. The number of fused-ring (bicyclic) bond motifs is 4. The zero-order valence-corrected chi connectivity index (χ0v) is 18.8. The molecule has 0 spiro atoms. The first-order chi connectivity index (χ1) is 15.3. The molecule has 3 aromatic rings. The van der Waals surface area contributed by atoms with Crippen LogP contribution in [0.1, 0.15) is 30.9 Å². The normalized spacial score (nSPS) is 29.6. The van der Waals surface area contributed by atoms with Gasteiger partial charge in [0.15, 0.2) is 0 Å². The lowest BCUT2D eigenvalue weighted by atomic mass is 9.82. The highest BCUT2D eigenvalue weighted by Crippen LogP contribution is 2.51. The molecule has 5 atom stereocenters. The second-order valence-corrected chi connectivity index (χ2v) is 9.56. The molecule has 6 rings (SSSR count). The van der Waals surface area contributed by atoms with Gasteiger partial charge in [-0.1, -0.05) is 64.5 Å². The molecule has 4 nitrogen and oxygen atoms in total. The summed E-state index contributed by atoms with van der Waals surface area (Å²) in [7, 11) is 0. The van der Waals surface area contributed by atoms with Gasteiger partial charge in [-0.25, -0.2) is 5.06 Å². The first-order valence-electron chi connectivity index (χ1n) is 11.1. The highest BCUT2D eigenvalue weighted by molar-refractivity contribution is 9.10. The van der Waals surface area contributed by atoms with Crippen LogP contribution in [0.2, 0.25) is 0 Å². The molecule has 0 N–H and O–H groups in total. The van der Waals surface area contributed by atoms with E-state index in [-0.39, 0.29) is 24.3 Å². The second kappa shape index (κ2) is 7.97. The van der Waals surface area contributed by atoms with Gasteiger partial charge in [0.05, 0.1) is 35.7 Å². The summed E-state index contributed by atoms with van der Waals surface area (Å²) in [5, 5.41) is 4.32. The lowest BCUT2D eigenvalue weighted by molar-refractivity contribution is 0.0170. The zero-order chi connectivity index (χ0) is 20.8. The van der Waals surface area contributed by atoms with E-state index in [1.807, 2.05) is 0 Å². The van der Waals surface area contributed by atoms with Crippen molar-refractivity contribution in [3.8, 4) is 0 Å². The largest absolute Gasteiger partial charge is 0.270 e. The Balaban J connectivity index is 1.44. The van der Waals surface area contributed by atoms with Gasteiger partial charge in [0.1, 0.15) is 0 Å². The Hall–Kier alpha value is -2.34. The maximum atomic E-state index is 6.70. The fourth-order valence-corrected chi connectivity index (χ4v) is 5.73. The molecule has 0 amide bonds. The Kier molecular flexibility index (Phi) is 4.98. The third-order valence-electron chi connectivity index (χ3n) is 6.81. The van der Waals surface area contributed by atoms with Gasteiger partial charge in [0.25, 0.3) is 0 Å². The maximum absolute atomic E-state index is 6.70. The number of halogens is 1. The van der Waals surface area contributed by atoms with E-state index in [0.29, 0.717) is 5.92 Å². The average molecular weight is 477 g/mol. The predicted molar refractivity (Wildman–Crippen MR) is 126 cm³/mol. The van der Waals surface area contributed by atoms with Crippen LogP contribution >= 0.6 is 15.9 Å². The van der Waals surface area contributed by atoms with Crippen molar-refractivity contribution in [3.05, 3.63) is 95.0 Å². The van der Waals surface area contributed by atoms with E-state index in [4.69, 9.17) is 9.68 Å². The van der Waals surface area contributed by atoms with E-state index >= 15 is 0 Å². The predicted octanol–water partition coefficient (Wildman–Crippen LogP) is 6.30. The van der Waals surface area contributed by atoms with Gasteiger partial charge in [-0.15, -0.1) is 0 Å². The highest BCUT2D eigenvalue weighted by atomic mass is 79.9. The van der Waals surface area contributed by atoms with Gasteiger partial charge in [-0.3, -0.25) is 14.7 Å². The quantitative estimate of drug-likeness (QED) is 0.442. The summed E-state index contributed by atoms with van der Waals surface area (Å²) >= 11 is 3.59. The first kappa shape index (κ1) is 19.4. The maximum Gasteiger partial charge on any atom is 0.0930 e. The van der Waals surface area contributed by atoms with Crippen molar-refractivity contribution in [1.82, 2.24) is 0 Å². The molecule has 0 radical (unpaired) electrons. The van der Waals surface area contributed by atoms with Crippen LogP contribution in [0.4, 0.5) is 11.4 Å². The third kappa shape index (κ3) is 3.45. The number of rotatable bonds is 3. The number of benzene rings is 3. The molecule has 5 heteroatoms. The average Bonchev–Trinajstić information content (AvgIpc) is 3.35. The monoisotopic (exact) mass is 476 g/mol. The van der Waals surface area contributed by atoms with Gasteiger partial charge in [0.2, 0.25) is 0 Å². The van der Waals surface area contributed by atoms with Crippen LogP contribution in [-0.2, 0) is 9.68 Å². The van der Waals surface area contributed by atoms with Crippen LogP contribution in [0.3, 0.4) is 0 Å². The molecule has 1 saturated carbocycles. The van der Waals surface area contributed by atoms with Crippen molar-refractivity contribution < 1.29 is 9.68 Å². The standard InChI is InChI=1S/C26H25BrN2O2/c27-19-13-11-18(12-14-19)26-25-23-17-22(30-28(23)20-7-3-1-4-8-20)15-16-24(25)31-29(26)21-9-5-2-6-10-21/h1-14,22-26H,15-17H2/t22-,23-,24-,25-,26+/m1/s1. The van der Waals surface area contributed by atoms with Crippen molar-refractivity contribution >= 4 is 27.3 Å². The summed E-state index contributed by atoms with van der Waals surface area (Å²) < 4.78 is 1.09. The van der Waals surface area contributed by atoms with E-state index in [9.17, 15) is 0 Å². The Morgan fingerprint density at radius 3 is 2.03 bits per heavy atom. The minimum atomic E-state index is 0.122. The highest BCUT2D eigenvalue weighted by Gasteiger charge is 2.55. The number of hydroxylamine groups is 2. The fraction of sp³-hybridized carbons (Fsp3) is 0.308. The van der Waals surface area contributed by atoms with Crippen molar-refractivity contribution in [2.24, 2.45) is 5.92 Å². The van der Waals surface area contributed by atoms with Crippen molar-refractivity contribution in [1.29, 1.82) is 0 Å². The van der Waals surface area contributed by atoms with Crippen molar-refractivity contribution in [3.63, 3.8) is 0 Å². The van der Waals surface area contributed by atoms with Crippen LogP contribution < -0.4 is 10.1 Å². The minimum absolute atomic E-state index is 0.122. The first-order valence-corrected chi connectivity index (χ1v) is 11.8. The molecule has 1 aliphatic carbocycles. The van der Waals surface area contributed by atoms with Crippen molar-refractivity contribution in [2.75, 3.05) is 10.1 Å². The van der Waals surface area contributed by atoms with Gasteiger partial charge in [-0.05, 0) is 61.2 Å². The Morgan fingerprint density at radius 2 is 1.35 bits per heavy atom. The molecular formula is C26H25BrN2O2. The lowest BCUT2D eigenvalue weighted by Gasteiger charge is -2.35. The van der Waals surface area contributed by atoms with E-state index < -0.39 is 0 Å². The third-order valence-corrected chi connectivity index (χ3v) is 7.34. The number of hydrogen-bond donors (Lipinski definition) is 0. The van der Waals surface area contributed by atoms with Crippen molar-refractivity contribution in [2.45, 2.75) is 43.6 Å². The molecule has 158 valence electrons. The molecule has 0 aromatic heterocycles. The number of hydrogen-bond acceptors (Lipinski definition) is 4. The molecule has 3 aliphatic rings. The number of anilines is 2. The van der Waals surface area contributed by atoms with Crippen LogP contribution in [0.5, 0.6) is 0 Å². The van der Waals surface area contributed by atoms with Gasteiger partial charge >= 0.3 is 0 Å². The Bertz CT molecular complexity index is 1030. The molecule has 0 unspecified atom stereocenters. The zero-order valence-electron chi connectivity index (χ0n) is 17.2. The molecule has 2 saturated heterocycles. The van der Waals surface area contributed by atoms with Crippen LogP contribution in [0.15, 0.2) is 89.4 Å². The van der Waals surface area contributed by atoms with E-state index in [1.54, 1.807) is 0 Å². The van der Waals surface area contributed by atoms with Gasteiger partial charge in [0, 0.05) is 10.4 Å². The Morgan fingerprint density at radius 1 is 0.710 bits per heavy atom.